The molecule has 3 heterocycles. The Kier molecular flexibility index (Phi) is 3.68. The molecule has 0 radical (unpaired) electrons. The van der Waals surface area contributed by atoms with Crippen LogP contribution < -0.4 is 0 Å². The molecule has 0 N–H and O–H groups in total. The van der Waals surface area contributed by atoms with Gasteiger partial charge in [0.25, 0.3) is 5.12 Å². The van der Waals surface area contributed by atoms with Crippen LogP contribution in [0.1, 0.15) is 11.1 Å². The van der Waals surface area contributed by atoms with Gasteiger partial charge in [0.05, 0.1) is 12.7 Å². The van der Waals surface area contributed by atoms with Gasteiger partial charge in [-0.2, -0.15) is 5.11 Å². The molecule has 2 aromatic heterocycles. The van der Waals surface area contributed by atoms with Crippen LogP contribution in [0.3, 0.4) is 0 Å². The van der Waals surface area contributed by atoms with E-state index in [-0.39, 0.29) is 0 Å². The topological polar surface area (TPSA) is 60.4 Å². The van der Waals surface area contributed by atoms with E-state index >= 15 is 0 Å². The van der Waals surface area contributed by atoms with Crippen molar-refractivity contribution in [3.05, 3.63) is 109 Å². The second kappa shape index (κ2) is 6.21. The molecular weight excluding hydrogens is 356 g/mol. The summed E-state index contributed by atoms with van der Waals surface area (Å²) in [7, 11) is 0. The lowest BCUT2D eigenvalue weighted by atomic mass is 9.99. The molecule has 5 rings (SSSR count). The van der Waals surface area contributed by atoms with Crippen molar-refractivity contribution in [2.75, 3.05) is 0 Å². The van der Waals surface area contributed by atoms with Crippen LogP contribution in [-0.2, 0) is 9.99 Å². The van der Waals surface area contributed by atoms with Gasteiger partial charge in [0.2, 0.25) is 0 Å². The maximum Gasteiger partial charge on any atom is 0.291 e. The van der Waals surface area contributed by atoms with Crippen LogP contribution in [0.15, 0.2) is 108 Å². The highest BCUT2D eigenvalue weighted by atomic mass is 32.2. The summed E-state index contributed by atoms with van der Waals surface area (Å²) in [6.45, 7) is 0. The first-order chi connectivity index (χ1) is 13.3. The largest absolute Gasteiger partial charge is 0.291 e. The van der Waals surface area contributed by atoms with Gasteiger partial charge < -0.3 is 0 Å². The number of aromatic nitrogens is 4. The van der Waals surface area contributed by atoms with E-state index in [0.29, 0.717) is 0 Å². The highest BCUT2D eigenvalue weighted by Gasteiger charge is 2.53. The van der Waals surface area contributed by atoms with Crippen LogP contribution in [0.5, 0.6) is 0 Å². The van der Waals surface area contributed by atoms with Crippen molar-refractivity contribution in [1.82, 2.24) is 19.1 Å². The van der Waals surface area contributed by atoms with Gasteiger partial charge in [-0.3, -0.25) is 9.13 Å². The summed E-state index contributed by atoms with van der Waals surface area (Å²) in [5.74, 6) is 0. The third kappa shape index (κ3) is 2.43. The summed E-state index contributed by atoms with van der Waals surface area (Å²) < 4.78 is 3.91. The van der Waals surface area contributed by atoms with Crippen molar-refractivity contribution in [3.63, 3.8) is 0 Å². The number of nitrogens with zero attached hydrogens (tertiary/aromatic N) is 6. The van der Waals surface area contributed by atoms with Crippen molar-refractivity contribution < 1.29 is 0 Å². The van der Waals surface area contributed by atoms with Crippen molar-refractivity contribution >= 4 is 11.8 Å². The quantitative estimate of drug-likeness (QED) is 0.537. The molecule has 1 aliphatic rings. The van der Waals surface area contributed by atoms with Gasteiger partial charge in [-0.25, -0.2) is 9.97 Å². The summed E-state index contributed by atoms with van der Waals surface area (Å²) in [4.78, 5) is 7.79. The molecule has 0 saturated carbocycles. The third-order valence-electron chi connectivity index (χ3n) is 4.62. The van der Waals surface area contributed by atoms with E-state index in [1.165, 1.54) is 0 Å². The summed E-state index contributed by atoms with van der Waals surface area (Å²) >= 11 is 1.64. The lowest BCUT2D eigenvalue weighted by Gasteiger charge is -2.32. The Balaban J connectivity index is 1.73. The molecule has 0 bridgehead atoms. The molecule has 132 valence electrons. The summed E-state index contributed by atoms with van der Waals surface area (Å²) in [6.07, 6.45) is 10.8. The van der Waals surface area contributed by atoms with Gasteiger partial charge in [-0.15, -0.1) is 5.11 Å². The normalized spacial score (nSPS) is 17.2. The predicted molar refractivity (Wildman–Crippen MR) is 104 cm³/mol. The zero-order valence-corrected chi connectivity index (χ0v) is 15.1. The van der Waals surface area contributed by atoms with Gasteiger partial charge in [0.1, 0.15) is 0 Å². The Morgan fingerprint density at radius 1 is 0.667 bits per heavy atom. The number of benzene rings is 2. The average Bonchev–Trinajstić information content (AvgIpc) is 3.50. The zero-order valence-electron chi connectivity index (χ0n) is 14.3. The summed E-state index contributed by atoms with van der Waals surface area (Å²) in [5, 5.41) is 8.82. The molecule has 0 atom stereocenters. The number of thioether (sulfide) groups is 1. The summed E-state index contributed by atoms with van der Waals surface area (Å²) in [5.41, 5.74) is 2.15. The first-order valence-corrected chi connectivity index (χ1v) is 9.37. The standard InChI is InChI=1S/C20H16N6S/c1-3-7-17(8-4-1)19(18-9-5-2-6-10-18)23-24-20(27-19,25-13-11-21-15-25)26-14-12-22-16-26/h1-16H. The molecule has 1 aliphatic heterocycles. The average molecular weight is 372 g/mol. The fourth-order valence-electron chi connectivity index (χ4n) is 3.31. The van der Waals surface area contributed by atoms with E-state index in [0.717, 1.165) is 11.1 Å². The molecule has 0 aliphatic carbocycles. The molecule has 0 amide bonds. The Hall–Kier alpha value is -3.19. The highest BCUT2D eigenvalue weighted by Crippen LogP contribution is 2.58. The first-order valence-electron chi connectivity index (χ1n) is 8.56. The number of imidazole rings is 2. The highest BCUT2D eigenvalue weighted by molar-refractivity contribution is 8.01. The van der Waals surface area contributed by atoms with E-state index in [1.54, 1.807) is 36.8 Å². The van der Waals surface area contributed by atoms with Gasteiger partial charge in [0, 0.05) is 24.8 Å². The minimum absolute atomic E-state index is 0.670. The Morgan fingerprint density at radius 3 is 1.63 bits per heavy atom. The predicted octanol–water partition coefficient (Wildman–Crippen LogP) is 4.30. The molecule has 2 aromatic carbocycles. The molecule has 7 heteroatoms. The van der Waals surface area contributed by atoms with E-state index in [4.69, 9.17) is 10.2 Å². The van der Waals surface area contributed by atoms with Crippen LogP contribution >= 0.6 is 11.8 Å². The molecule has 4 aromatic rings. The Bertz CT molecular complexity index is 969. The monoisotopic (exact) mass is 372 g/mol. The van der Waals surface area contributed by atoms with E-state index in [9.17, 15) is 0 Å². The molecule has 27 heavy (non-hydrogen) atoms. The molecule has 0 fully saturated rings. The van der Waals surface area contributed by atoms with Crippen LogP contribution in [0.4, 0.5) is 0 Å². The molecule has 0 unspecified atom stereocenters. The number of hydrogen-bond donors (Lipinski definition) is 0. The first kappa shape index (κ1) is 16.0. The second-order valence-electron chi connectivity index (χ2n) is 6.19. The van der Waals surface area contributed by atoms with Crippen LogP contribution in [-0.4, -0.2) is 19.1 Å². The van der Waals surface area contributed by atoms with Crippen LogP contribution in [0, 0.1) is 0 Å². The molecule has 6 nitrogen and oxygen atoms in total. The SMILES string of the molecule is c1ccc(C2(c3ccccc3)N=NC(n3ccnc3)(n3ccnc3)S2)cc1. The van der Waals surface area contributed by atoms with E-state index in [1.807, 2.05) is 57.9 Å². The number of rotatable bonds is 4. The number of azo groups is 1. The van der Waals surface area contributed by atoms with E-state index < -0.39 is 9.99 Å². The fourth-order valence-corrected chi connectivity index (χ4v) is 4.80. The smallest absolute Gasteiger partial charge is 0.284 e. The van der Waals surface area contributed by atoms with Crippen LogP contribution in [0.25, 0.3) is 0 Å². The molecular formula is C20H16N6S. The minimum Gasteiger partial charge on any atom is -0.284 e. The van der Waals surface area contributed by atoms with Crippen molar-refractivity contribution in [1.29, 1.82) is 0 Å². The maximum absolute atomic E-state index is 4.86. The number of hydrogen-bond acceptors (Lipinski definition) is 5. The molecule has 0 saturated heterocycles. The van der Waals surface area contributed by atoms with Crippen molar-refractivity contribution in [2.45, 2.75) is 9.99 Å². The Morgan fingerprint density at radius 2 is 1.19 bits per heavy atom. The van der Waals surface area contributed by atoms with E-state index in [2.05, 4.69) is 34.2 Å². The van der Waals surface area contributed by atoms with Crippen LogP contribution in [0.2, 0.25) is 0 Å². The van der Waals surface area contributed by atoms with Crippen molar-refractivity contribution in [2.24, 2.45) is 10.2 Å². The van der Waals surface area contributed by atoms with Gasteiger partial charge in [-0.1, -0.05) is 60.7 Å². The fraction of sp³-hybridized carbons (Fsp3) is 0.100. The molecule has 0 spiro atoms. The van der Waals surface area contributed by atoms with Crippen molar-refractivity contribution in [3.8, 4) is 0 Å². The Labute approximate surface area is 160 Å². The zero-order chi connectivity index (χ0) is 18.2. The van der Waals surface area contributed by atoms with Gasteiger partial charge >= 0.3 is 0 Å². The second-order valence-corrected chi connectivity index (χ2v) is 7.53. The third-order valence-corrected chi connectivity index (χ3v) is 6.24. The summed E-state index contributed by atoms with van der Waals surface area (Å²) in [6, 6.07) is 20.5. The van der Waals surface area contributed by atoms with Gasteiger partial charge in [0.15, 0.2) is 4.87 Å². The minimum atomic E-state index is -0.835. The lowest BCUT2D eigenvalue weighted by molar-refractivity contribution is 0.382. The van der Waals surface area contributed by atoms with Gasteiger partial charge in [-0.05, 0) is 22.9 Å². The maximum atomic E-state index is 4.86. The lowest BCUT2D eigenvalue weighted by Crippen LogP contribution is -2.35.